The summed E-state index contributed by atoms with van der Waals surface area (Å²) in [7, 11) is 0. The Morgan fingerprint density at radius 2 is 1.35 bits per heavy atom. The molecule has 8 nitrogen and oxygen atoms in total. The smallest absolute Gasteiger partial charge is 0.407 e. The largest absolute Gasteiger partial charge is 0.449 e. The highest BCUT2D eigenvalue weighted by molar-refractivity contribution is 5.83. The predicted molar refractivity (Wildman–Crippen MR) is 131 cm³/mol. The standard InChI is InChI=1S/C27H22F5N3O5/c28-19-20(29)22(31)24(23(32)21(19)30)40-25(36)18(10-5-11-34-26(33)37)35-27(38)39-12-17-15-8-3-1-6-13(15)14-7-2-4-9-16(14)17/h1-4,6-9,17-18H,5,10-12H2,(H,35,38)(H3,33,34,37). The number of rotatable bonds is 9. The van der Waals surface area contributed by atoms with Crippen molar-refractivity contribution in [1.82, 2.24) is 10.6 Å². The zero-order chi connectivity index (χ0) is 29.0. The fourth-order valence-corrected chi connectivity index (χ4v) is 4.40. The normalized spacial score (nSPS) is 12.7. The quantitative estimate of drug-likeness (QED) is 0.0875. The van der Waals surface area contributed by atoms with Crippen molar-refractivity contribution in [1.29, 1.82) is 0 Å². The molecule has 0 bridgehead atoms. The van der Waals surface area contributed by atoms with Gasteiger partial charge in [0, 0.05) is 12.5 Å². The van der Waals surface area contributed by atoms with E-state index < -0.39 is 59.0 Å². The van der Waals surface area contributed by atoms with Gasteiger partial charge in [-0.05, 0) is 35.1 Å². The molecule has 3 amide bonds. The third kappa shape index (κ3) is 5.82. The van der Waals surface area contributed by atoms with Gasteiger partial charge in [-0.2, -0.15) is 8.78 Å². The van der Waals surface area contributed by atoms with Gasteiger partial charge < -0.3 is 25.8 Å². The maximum atomic E-state index is 14.0. The molecule has 4 rings (SSSR count). The summed E-state index contributed by atoms with van der Waals surface area (Å²) in [4.78, 5) is 36.3. The second kappa shape index (κ2) is 12.0. The number of carbonyl (C=O) groups is 3. The number of alkyl carbamates (subject to hydrolysis) is 1. The number of nitrogens with one attached hydrogen (secondary N) is 2. The van der Waals surface area contributed by atoms with E-state index in [9.17, 15) is 36.3 Å². The summed E-state index contributed by atoms with van der Waals surface area (Å²) in [5, 5.41) is 4.44. The Labute approximate surface area is 224 Å². The van der Waals surface area contributed by atoms with Crippen molar-refractivity contribution in [3.05, 3.63) is 88.7 Å². The summed E-state index contributed by atoms with van der Waals surface area (Å²) in [5.74, 6) is -15.5. The van der Waals surface area contributed by atoms with Gasteiger partial charge >= 0.3 is 18.1 Å². The molecule has 3 aromatic rings. The molecule has 0 saturated carbocycles. The van der Waals surface area contributed by atoms with Crippen molar-refractivity contribution >= 4 is 18.1 Å². The highest BCUT2D eigenvalue weighted by Crippen LogP contribution is 2.44. The van der Waals surface area contributed by atoms with E-state index in [1.807, 2.05) is 48.5 Å². The number of hydrogen-bond donors (Lipinski definition) is 3. The first-order chi connectivity index (χ1) is 19.1. The van der Waals surface area contributed by atoms with Gasteiger partial charge in [0.25, 0.3) is 0 Å². The van der Waals surface area contributed by atoms with E-state index in [2.05, 4.69) is 15.4 Å². The summed E-state index contributed by atoms with van der Waals surface area (Å²) >= 11 is 0. The molecule has 0 spiro atoms. The van der Waals surface area contributed by atoms with Gasteiger partial charge in [-0.25, -0.2) is 27.6 Å². The molecule has 0 aliphatic heterocycles. The van der Waals surface area contributed by atoms with E-state index in [1.54, 1.807) is 0 Å². The number of hydrogen-bond acceptors (Lipinski definition) is 5. The van der Waals surface area contributed by atoms with Crippen LogP contribution in [0.15, 0.2) is 48.5 Å². The van der Waals surface area contributed by atoms with Gasteiger partial charge in [0.2, 0.25) is 34.8 Å². The van der Waals surface area contributed by atoms with Gasteiger partial charge in [0.1, 0.15) is 12.6 Å². The number of urea groups is 1. The van der Waals surface area contributed by atoms with E-state index in [0.29, 0.717) is 0 Å². The second-order valence-corrected chi connectivity index (χ2v) is 8.78. The van der Waals surface area contributed by atoms with Gasteiger partial charge in [0.15, 0.2) is 0 Å². The summed E-state index contributed by atoms with van der Waals surface area (Å²) in [5.41, 5.74) is 8.74. The van der Waals surface area contributed by atoms with Crippen molar-refractivity contribution in [2.24, 2.45) is 5.73 Å². The van der Waals surface area contributed by atoms with Crippen LogP contribution < -0.4 is 21.1 Å². The highest BCUT2D eigenvalue weighted by atomic mass is 19.2. The van der Waals surface area contributed by atoms with Crippen LogP contribution in [0.4, 0.5) is 31.5 Å². The number of primary amides is 1. The minimum atomic E-state index is -2.43. The fraction of sp³-hybridized carbons (Fsp3) is 0.222. The first-order valence-electron chi connectivity index (χ1n) is 12.0. The molecule has 0 radical (unpaired) electrons. The zero-order valence-corrected chi connectivity index (χ0v) is 20.6. The number of halogens is 5. The lowest BCUT2D eigenvalue weighted by molar-refractivity contribution is -0.137. The molecule has 1 aliphatic rings. The van der Waals surface area contributed by atoms with Crippen LogP contribution in [0.3, 0.4) is 0 Å². The molecular weight excluding hydrogens is 541 g/mol. The topological polar surface area (TPSA) is 120 Å². The third-order valence-electron chi connectivity index (χ3n) is 6.26. The molecule has 1 atom stereocenters. The van der Waals surface area contributed by atoms with Crippen LogP contribution in [0.25, 0.3) is 11.1 Å². The Morgan fingerprint density at radius 3 is 1.90 bits per heavy atom. The number of fused-ring (bicyclic) bond motifs is 3. The van der Waals surface area contributed by atoms with E-state index in [4.69, 9.17) is 10.5 Å². The molecule has 0 fully saturated rings. The number of ether oxygens (including phenoxy) is 2. The first-order valence-corrected chi connectivity index (χ1v) is 12.0. The Balaban J connectivity index is 1.48. The average molecular weight is 563 g/mol. The summed E-state index contributed by atoms with van der Waals surface area (Å²) < 4.78 is 78.4. The van der Waals surface area contributed by atoms with Crippen molar-refractivity contribution in [3.8, 4) is 16.9 Å². The Morgan fingerprint density at radius 1 is 0.825 bits per heavy atom. The number of carbonyl (C=O) groups excluding carboxylic acids is 3. The zero-order valence-electron chi connectivity index (χ0n) is 20.6. The van der Waals surface area contributed by atoms with Crippen molar-refractivity contribution in [2.75, 3.05) is 13.2 Å². The molecule has 40 heavy (non-hydrogen) atoms. The lowest BCUT2D eigenvalue weighted by Crippen LogP contribution is -2.44. The minimum absolute atomic E-state index is 0.00344. The van der Waals surface area contributed by atoms with Crippen LogP contribution in [-0.4, -0.2) is 37.3 Å². The Bertz CT molecular complexity index is 1390. The molecule has 3 aromatic carbocycles. The van der Waals surface area contributed by atoms with Crippen LogP contribution in [-0.2, 0) is 9.53 Å². The minimum Gasteiger partial charge on any atom is -0.449 e. The van der Waals surface area contributed by atoms with Gasteiger partial charge in [-0.3, -0.25) is 0 Å². The van der Waals surface area contributed by atoms with Crippen LogP contribution in [0.5, 0.6) is 5.75 Å². The molecule has 1 aliphatic carbocycles. The highest BCUT2D eigenvalue weighted by Gasteiger charge is 2.33. The van der Waals surface area contributed by atoms with Gasteiger partial charge in [0.05, 0.1) is 0 Å². The van der Waals surface area contributed by atoms with E-state index in [1.165, 1.54) is 0 Å². The monoisotopic (exact) mass is 563 g/mol. The van der Waals surface area contributed by atoms with Crippen LogP contribution >= 0.6 is 0 Å². The fourth-order valence-electron chi connectivity index (χ4n) is 4.40. The Kier molecular flexibility index (Phi) is 8.51. The molecule has 0 saturated heterocycles. The third-order valence-corrected chi connectivity index (χ3v) is 6.26. The molecule has 0 aromatic heterocycles. The number of esters is 1. The number of nitrogens with two attached hydrogens (primary N) is 1. The van der Waals surface area contributed by atoms with Crippen molar-refractivity contribution in [3.63, 3.8) is 0 Å². The van der Waals surface area contributed by atoms with Crippen molar-refractivity contribution < 1.29 is 45.8 Å². The van der Waals surface area contributed by atoms with Gasteiger partial charge in [-0.15, -0.1) is 0 Å². The van der Waals surface area contributed by atoms with Crippen molar-refractivity contribution in [2.45, 2.75) is 24.8 Å². The number of amides is 3. The summed E-state index contributed by atoms with van der Waals surface area (Å²) in [6.07, 6.45) is -1.38. The maximum absolute atomic E-state index is 14.0. The average Bonchev–Trinajstić information content (AvgIpc) is 3.27. The van der Waals surface area contributed by atoms with E-state index >= 15 is 0 Å². The van der Waals surface area contributed by atoms with E-state index in [-0.39, 0.29) is 31.9 Å². The lowest BCUT2D eigenvalue weighted by atomic mass is 9.98. The molecule has 0 heterocycles. The molecule has 4 N–H and O–H groups in total. The maximum Gasteiger partial charge on any atom is 0.407 e. The molecule has 210 valence electrons. The van der Waals surface area contributed by atoms with Crippen LogP contribution in [0.1, 0.15) is 29.9 Å². The van der Waals surface area contributed by atoms with Crippen LogP contribution in [0, 0.1) is 29.1 Å². The first kappa shape index (κ1) is 28.3. The SMILES string of the molecule is NC(=O)NCCCC(NC(=O)OCC1c2ccccc2-c2ccccc21)C(=O)Oc1c(F)c(F)c(F)c(F)c1F. The summed E-state index contributed by atoms with van der Waals surface area (Å²) in [6, 6.07) is 12.5. The molecule has 13 heteroatoms. The summed E-state index contributed by atoms with van der Waals surface area (Å²) in [6.45, 7) is -0.198. The molecule has 1 unspecified atom stereocenters. The van der Waals surface area contributed by atoms with Gasteiger partial charge in [-0.1, -0.05) is 48.5 Å². The number of benzene rings is 3. The second-order valence-electron chi connectivity index (χ2n) is 8.78. The lowest BCUT2D eigenvalue weighted by Gasteiger charge is -2.19. The van der Waals surface area contributed by atoms with Crippen LogP contribution in [0.2, 0.25) is 0 Å². The molecular formula is C27H22F5N3O5. The predicted octanol–water partition coefficient (Wildman–Crippen LogP) is 4.64. The van der Waals surface area contributed by atoms with E-state index in [0.717, 1.165) is 22.3 Å². The Hall–Kier alpha value is -4.68.